The highest BCUT2D eigenvalue weighted by Gasteiger charge is 2.46. The monoisotopic (exact) mass is 434 g/mol. The summed E-state index contributed by atoms with van der Waals surface area (Å²) < 4.78 is 0. The number of rotatable bonds is 4. The van der Waals surface area contributed by atoms with Crippen molar-refractivity contribution in [2.45, 2.75) is 19.5 Å². The Morgan fingerprint density at radius 2 is 1.64 bits per heavy atom. The van der Waals surface area contributed by atoms with Gasteiger partial charge in [-0.25, -0.2) is 0 Å². The normalized spacial score (nSPS) is 17.6. The number of carbonyl (C=O) groups is 2. The molecule has 162 valence electrons. The van der Waals surface area contributed by atoms with Crippen LogP contribution in [0.3, 0.4) is 0 Å². The van der Waals surface area contributed by atoms with Gasteiger partial charge in [-0.05, 0) is 47.0 Å². The summed E-state index contributed by atoms with van der Waals surface area (Å²) in [6.07, 6.45) is 1.66. The van der Waals surface area contributed by atoms with E-state index < -0.39 is 17.7 Å². The molecule has 4 aromatic rings. The third-order valence-electron chi connectivity index (χ3n) is 6.10. The van der Waals surface area contributed by atoms with Crippen LogP contribution in [0.2, 0.25) is 0 Å². The fourth-order valence-electron chi connectivity index (χ4n) is 4.42. The molecule has 1 saturated heterocycles. The number of likely N-dealkylation sites (tertiary alicyclic amines) is 1. The minimum absolute atomic E-state index is 0.0977. The van der Waals surface area contributed by atoms with E-state index in [9.17, 15) is 14.7 Å². The zero-order chi connectivity index (χ0) is 22.9. The summed E-state index contributed by atoms with van der Waals surface area (Å²) in [6.45, 7) is 2.10. The van der Waals surface area contributed by atoms with Crippen LogP contribution in [-0.4, -0.2) is 26.7 Å². The Balaban J connectivity index is 1.68. The van der Waals surface area contributed by atoms with Gasteiger partial charge in [-0.2, -0.15) is 0 Å². The maximum absolute atomic E-state index is 13.2. The van der Waals surface area contributed by atoms with Crippen molar-refractivity contribution in [1.29, 1.82) is 0 Å². The molecule has 5 nitrogen and oxygen atoms in total. The number of amides is 1. The first-order valence-electron chi connectivity index (χ1n) is 10.8. The van der Waals surface area contributed by atoms with Gasteiger partial charge in [-0.3, -0.25) is 14.6 Å². The number of aliphatic hydroxyl groups excluding tert-OH is 1. The van der Waals surface area contributed by atoms with Gasteiger partial charge in [0.2, 0.25) is 0 Å². The zero-order valence-electron chi connectivity index (χ0n) is 18.1. The molecule has 0 saturated carbocycles. The predicted molar refractivity (Wildman–Crippen MR) is 127 cm³/mol. The Morgan fingerprint density at radius 1 is 0.909 bits per heavy atom. The van der Waals surface area contributed by atoms with Gasteiger partial charge in [-0.15, -0.1) is 0 Å². The number of hydrogen-bond acceptors (Lipinski definition) is 4. The first-order chi connectivity index (χ1) is 16.0. The SMILES string of the molecule is Cc1ccccc1C1/C(=C(\O)c2ccc3ccccc3c2)C(=O)C(=O)N1Cc1ccccn1. The summed E-state index contributed by atoms with van der Waals surface area (Å²) >= 11 is 0. The fourth-order valence-corrected chi connectivity index (χ4v) is 4.42. The third-order valence-corrected chi connectivity index (χ3v) is 6.10. The van der Waals surface area contributed by atoms with Gasteiger partial charge >= 0.3 is 0 Å². The number of benzene rings is 3. The smallest absolute Gasteiger partial charge is 0.296 e. The van der Waals surface area contributed by atoms with Crippen LogP contribution in [-0.2, 0) is 16.1 Å². The van der Waals surface area contributed by atoms with E-state index in [0.29, 0.717) is 11.3 Å². The van der Waals surface area contributed by atoms with E-state index in [0.717, 1.165) is 21.9 Å². The van der Waals surface area contributed by atoms with Gasteiger partial charge in [0.05, 0.1) is 23.9 Å². The summed E-state index contributed by atoms with van der Waals surface area (Å²) in [4.78, 5) is 32.2. The molecule has 1 unspecified atom stereocenters. The van der Waals surface area contributed by atoms with Crippen molar-refractivity contribution in [1.82, 2.24) is 9.88 Å². The molecule has 0 spiro atoms. The van der Waals surface area contributed by atoms with Gasteiger partial charge in [0.25, 0.3) is 11.7 Å². The van der Waals surface area contributed by atoms with Crippen LogP contribution in [0.4, 0.5) is 0 Å². The summed E-state index contributed by atoms with van der Waals surface area (Å²) in [5.41, 5.74) is 3.00. The summed E-state index contributed by atoms with van der Waals surface area (Å²) in [5.74, 6) is -1.50. The van der Waals surface area contributed by atoms with E-state index in [2.05, 4.69) is 4.98 Å². The van der Waals surface area contributed by atoms with E-state index in [1.165, 1.54) is 4.90 Å². The number of ketones is 1. The summed E-state index contributed by atoms with van der Waals surface area (Å²) in [6, 6.07) is 25.7. The second-order valence-electron chi connectivity index (χ2n) is 8.17. The molecule has 33 heavy (non-hydrogen) atoms. The molecular formula is C28H22N2O3. The Hall–Kier alpha value is -4.25. The minimum Gasteiger partial charge on any atom is -0.507 e. The van der Waals surface area contributed by atoms with Crippen LogP contribution in [0.25, 0.3) is 16.5 Å². The van der Waals surface area contributed by atoms with Crippen molar-refractivity contribution >= 4 is 28.2 Å². The van der Waals surface area contributed by atoms with Crippen LogP contribution in [0.1, 0.15) is 28.4 Å². The lowest BCUT2D eigenvalue weighted by Crippen LogP contribution is -2.29. The lowest BCUT2D eigenvalue weighted by Gasteiger charge is -2.26. The van der Waals surface area contributed by atoms with Crippen molar-refractivity contribution < 1.29 is 14.7 Å². The average molecular weight is 434 g/mol. The summed E-state index contributed by atoms with van der Waals surface area (Å²) in [5, 5.41) is 13.3. The number of pyridine rings is 1. The van der Waals surface area contributed by atoms with E-state index in [-0.39, 0.29) is 17.9 Å². The Morgan fingerprint density at radius 3 is 2.39 bits per heavy atom. The highest BCUT2D eigenvalue weighted by Crippen LogP contribution is 2.41. The molecule has 0 radical (unpaired) electrons. The largest absolute Gasteiger partial charge is 0.507 e. The van der Waals surface area contributed by atoms with E-state index in [1.54, 1.807) is 18.3 Å². The van der Waals surface area contributed by atoms with Gasteiger partial charge in [0.1, 0.15) is 5.76 Å². The lowest BCUT2D eigenvalue weighted by molar-refractivity contribution is -0.140. The quantitative estimate of drug-likeness (QED) is 0.273. The predicted octanol–water partition coefficient (Wildman–Crippen LogP) is 5.17. The molecular weight excluding hydrogens is 412 g/mol. The van der Waals surface area contributed by atoms with E-state index >= 15 is 0 Å². The van der Waals surface area contributed by atoms with Gasteiger partial charge in [0, 0.05) is 11.8 Å². The molecule has 5 rings (SSSR count). The number of Topliss-reactive ketones (excluding diaryl/α,β-unsaturated/α-hetero) is 1. The summed E-state index contributed by atoms with van der Waals surface area (Å²) in [7, 11) is 0. The number of aryl methyl sites for hydroxylation is 1. The Labute approximate surface area is 191 Å². The molecule has 1 atom stereocenters. The molecule has 1 amide bonds. The van der Waals surface area contributed by atoms with Crippen LogP contribution in [0.5, 0.6) is 0 Å². The molecule has 1 aromatic heterocycles. The van der Waals surface area contributed by atoms with Crippen molar-refractivity contribution in [2.75, 3.05) is 0 Å². The Kier molecular flexibility index (Phi) is 5.23. The number of fused-ring (bicyclic) bond motifs is 1. The highest BCUT2D eigenvalue weighted by molar-refractivity contribution is 6.46. The molecule has 1 aliphatic heterocycles. The maximum Gasteiger partial charge on any atom is 0.296 e. The van der Waals surface area contributed by atoms with Crippen LogP contribution in [0.15, 0.2) is 96.7 Å². The molecule has 3 aromatic carbocycles. The van der Waals surface area contributed by atoms with Crippen molar-refractivity contribution in [2.24, 2.45) is 0 Å². The number of carbonyl (C=O) groups excluding carboxylic acids is 2. The highest BCUT2D eigenvalue weighted by atomic mass is 16.3. The molecule has 1 fully saturated rings. The van der Waals surface area contributed by atoms with Crippen molar-refractivity contribution in [3.63, 3.8) is 0 Å². The van der Waals surface area contributed by atoms with Gasteiger partial charge < -0.3 is 10.0 Å². The number of nitrogens with zero attached hydrogens (tertiary/aromatic N) is 2. The molecule has 0 bridgehead atoms. The topological polar surface area (TPSA) is 70.5 Å². The second kappa shape index (κ2) is 8.36. The molecule has 2 heterocycles. The first kappa shape index (κ1) is 20.6. The molecule has 1 aliphatic rings. The van der Waals surface area contributed by atoms with Crippen LogP contribution in [0, 0.1) is 6.92 Å². The lowest BCUT2D eigenvalue weighted by atomic mass is 9.92. The third kappa shape index (κ3) is 3.68. The van der Waals surface area contributed by atoms with E-state index in [4.69, 9.17) is 0 Å². The van der Waals surface area contributed by atoms with Gasteiger partial charge in [0.15, 0.2) is 0 Å². The van der Waals surface area contributed by atoms with Crippen LogP contribution < -0.4 is 0 Å². The first-order valence-corrected chi connectivity index (χ1v) is 10.8. The minimum atomic E-state index is -0.709. The second-order valence-corrected chi connectivity index (χ2v) is 8.17. The fraction of sp³-hybridized carbons (Fsp3) is 0.107. The standard InChI is InChI=1S/C28H22N2O3/c1-18-8-2-5-12-23(18)25-24(26(31)21-14-13-19-9-3-4-10-20(19)16-21)27(32)28(33)30(25)17-22-11-6-7-15-29-22/h2-16,25,31H,17H2,1H3/b26-24+. The van der Waals surface area contributed by atoms with E-state index in [1.807, 2.05) is 79.7 Å². The van der Waals surface area contributed by atoms with Crippen molar-refractivity contribution in [3.05, 3.63) is 119 Å². The number of aromatic nitrogens is 1. The van der Waals surface area contributed by atoms with Crippen molar-refractivity contribution in [3.8, 4) is 0 Å². The molecule has 0 aliphatic carbocycles. The number of hydrogen-bond donors (Lipinski definition) is 1. The maximum atomic E-state index is 13.2. The van der Waals surface area contributed by atoms with Gasteiger partial charge in [-0.1, -0.05) is 66.7 Å². The zero-order valence-corrected chi connectivity index (χ0v) is 18.1. The average Bonchev–Trinajstić information content (AvgIpc) is 3.09. The van der Waals surface area contributed by atoms with Crippen LogP contribution >= 0.6 is 0 Å². The Bertz CT molecular complexity index is 1410. The number of aliphatic hydroxyl groups is 1. The molecule has 1 N–H and O–H groups in total. The molecule has 5 heteroatoms.